The molecule has 0 N–H and O–H groups in total. The van der Waals surface area contributed by atoms with Gasteiger partial charge in [0.2, 0.25) is 0 Å². The molecule has 3 aliphatic rings. The summed E-state index contributed by atoms with van der Waals surface area (Å²) in [6.45, 7) is 0. The molecule has 2 saturated heterocycles. The average Bonchev–Trinajstić information content (AvgIpc) is 2.51. The summed E-state index contributed by atoms with van der Waals surface area (Å²) >= 11 is 0. The van der Waals surface area contributed by atoms with Crippen LogP contribution in [0.2, 0.25) is 0 Å². The van der Waals surface area contributed by atoms with Crippen molar-refractivity contribution < 1.29 is 4.84 Å². The van der Waals surface area contributed by atoms with Crippen molar-refractivity contribution in [3.63, 3.8) is 0 Å². The average molecular weight is 231 g/mol. The molecule has 2 aliphatic heterocycles. The Hall–Kier alpha value is -1.10. The Bertz CT molecular complexity index is 392. The minimum absolute atomic E-state index is 0.0118. The summed E-state index contributed by atoms with van der Waals surface area (Å²) < 4.78 is 0. The molecule has 1 aliphatic carbocycles. The lowest BCUT2D eigenvalue weighted by Gasteiger charge is -2.46. The molecule has 0 aromatic rings. The number of piperidine rings is 1. The van der Waals surface area contributed by atoms with Gasteiger partial charge in [0.05, 0.1) is 36.1 Å². The molecule has 2 heterocycles. The molecule has 3 rings (SSSR count). The summed E-state index contributed by atoms with van der Waals surface area (Å²) in [6, 6.07) is 4.93. The molecule has 17 heavy (non-hydrogen) atoms. The van der Waals surface area contributed by atoms with E-state index in [-0.39, 0.29) is 23.6 Å². The molecule has 1 saturated carbocycles. The van der Waals surface area contributed by atoms with Crippen molar-refractivity contribution in [1.29, 1.82) is 10.5 Å². The van der Waals surface area contributed by atoms with E-state index in [0.29, 0.717) is 6.42 Å². The van der Waals surface area contributed by atoms with Crippen LogP contribution in [-0.4, -0.2) is 22.7 Å². The van der Waals surface area contributed by atoms with E-state index in [2.05, 4.69) is 17.2 Å². The summed E-state index contributed by atoms with van der Waals surface area (Å²) in [4.78, 5) is 6.01. The number of rotatable bonds is 1. The first kappa shape index (κ1) is 11.0. The van der Waals surface area contributed by atoms with E-state index in [9.17, 15) is 5.26 Å². The Labute approximate surface area is 102 Å². The molecule has 1 spiro atoms. The van der Waals surface area contributed by atoms with Crippen LogP contribution in [0.25, 0.3) is 0 Å². The molecule has 0 radical (unpaired) electrons. The van der Waals surface area contributed by atoms with Gasteiger partial charge < -0.3 is 0 Å². The Morgan fingerprint density at radius 3 is 2.71 bits per heavy atom. The molecule has 4 nitrogen and oxygen atoms in total. The monoisotopic (exact) mass is 231 g/mol. The molecule has 2 bridgehead atoms. The van der Waals surface area contributed by atoms with Crippen LogP contribution in [-0.2, 0) is 4.84 Å². The molecule has 4 atom stereocenters. The fourth-order valence-electron chi connectivity index (χ4n) is 3.98. The third-order valence-electron chi connectivity index (χ3n) is 4.68. The van der Waals surface area contributed by atoms with Crippen molar-refractivity contribution in [2.75, 3.05) is 0 Å². The Morgan fingerprint density at radius 1 is 1.24 bits per heavy atom. The number of nitrogens with zero attached hydrogens (tertiary/aromatic N) is 3. The summed E-state index contributed by atoms with van der Waals surface area (Å²) in [6.07, 6.45) is 7.01. The number of fused-ring (bicyclic) bond motifs is 1. The van der Waals surface area contributed by atoms with Crippen molar-refractivity contribution in [3.05, 3.63) is 0 Å². The topological polar surface area (TPSA) is 60.0 Å². The Balaban J connectivity index is 1.94. The predicted octanol–water partition coefficient (Wildman–Crippen LogP) is 2.13. The van der Waals surface area contributed by atoms with Gasteiger partial charge in [0.1, 0.15) is 0 Å². The summed E-state index contributed by atoms with van der Waals surface area (Å²) in [5.74, 6) is 0.0118. The summed E-state index contributed by atoms with van der Waals surface area (Å²) in [7, 11) is 0. The van der Waals surface area contributed by atoms with E-state index < -0.39 is 0 Å². The van der Waals surface area contributed by atoms with E-state index in [4.69, 9.17) is 10.1 Å². The Morgan fingerprint density at radius 2 is 2.00 bits per heavy atom. The van der Waals surface area contributed by atoms with Crippen LogP contribution in [0.15, 0.2) is 0 Å². The molecule has 3 fully saturated rings. The maximum atomic E-state index is 9.40. The van der Waals surface area contributed by atoms with Gasteiger partial charge >= 0.3 is 0 Å². The van der Waals surface area contributed by atoms with Gasteiger partial charge in [-0.05, 0) is 38.5 Å². The van der Waals surface area contributed by atoms with Crippen LogP contribution in [0.3, 0.4) is 0 Å². The van der Waals surface area contributed by atoms with Crippen LogP contribution in [0.1, 0.15) is 44.9 Å². The normalized spacial score (nSPS) is 44.7. The van der Waals surface area contributed by atoms with Gasteiger partial charge in [0.25, 0.3) is 0 Å². The number of nitriles is 2. The maximum Gasteiger partial charge on any atom is 0.0970 e. The van der Waals surface area contributed by atoms with Crippen molar-refractivity contribution >= 4 is 0 Å². The molecule has 0 amide bonds. The van der Waals surface area contributed by atoms with Crippen molar-refractivity contribution in [2.45, 2.75) is 62.6 Å². The van der Waals surface area contributed by atoms with E-state index >= 15 is 0 Å². The fraction of sp³-hybridized carbons (Fsp3) is 0.846. The highest BCUT2D eigenvalue weighted by Gasteiger charge is 2.60. The lowest BCUT2D eigenvalue weighted by atomic mass is 9.68. The largest absolute Gasteiger partial charge is 0.293 e. The summed E-state index contributed by atoms with van der Waals surface area (Å²) in [5, 5.41) is 20.4. The minimum atomic E-state index is -0.0720. The number of hydrogen-bond acceptors (Lipinski definition) is 4. The van der Waals surface area contributed by atoms with E-state index in [1.807, 2.05) is 0 Å². The molecular weight excluding hydrogens is 214 g/mol. The third kappa shape index (κ3) is 1.41. The minimum Gasteiger partial charge on any atom is -0.293 e. The van der Waals surface area contributed by atoms with Gasteiger partial charge in [0, 0.05) is 6.04 Å². The second-order valence-corrected chi connectivity index (χ2v) is 5.48. The van der Waals surface area contributed by atoms with Crippen molar-refractivity contribution in [2.24, 2.45) is 5.92 Å². The first-order valence-electron chi connectivity index (χ1n) is 6.54. The second kappa shape index (κ2) is 3.98. The molecular formula is C13H17N3O. The van der Waals surface area contributed by atoms with E-state index in [1.54, 1.807) is 0 Å². The molecule has 1 unspecified atom stereocenters. The first-order valence-corrected chi connectivity index (χ1v) is 6.54. The molecule has 0 aromatic heterocycles. The highest BCUT2D eigenvalue weighted by Crippen LogP contribution is 2.53. The highest BCUT2D eigenvalue weighted by atomic mass is 16.7. The zero-order valence-corrected chi connectivity index (χ0v) is 9.93. The predicted molar refractivity (Wildman–Crippen MR) is 60.3 cm³/mol. The first-order chi connectivity index (χ1) is 8.31. The van der Waals surface area contributed by atoms with Crippen LogP contribution in [0, 0.1) is 28.6 Å². The molecule has 0 aromatic carbocycles. The van der Waals surface area contributed by atoms with Crippen molar-refractivity contribution in [1.82, 2.24) is 5.06 Å². The maximum absolute atomic E-state index is 9.40. The lowest BCUT2D eigenvalue weighted by molar-refractivity contribution is -0.220. The van der Waals surface area contributed by atoms with Gasteiger partial charge in [-0.2, -0.15) is 15.6 Å². The molecule has 90 valence electrons. The van der Waals surface area contributed by atoms with Gasteiger partial charge in [0.15, 0.2) is 0 Å². The summed E-state index contributed by atoms with van der Waals surface area (Å²) in [5.41, 5.74) is -0.0720. The zero-order valence-electron chi connectivity index (χ0n) is 9.93. The van der Waals surface area contributed by atoms with Gasteiger partial charge in [-0.1, -0.05) is 0 Å². The lowest BCUT2D eigenvalue weighted by Crippen LogP contribution is -2.55. The smallest absolute Gasteiger partial charge is 0.0970 e. The van der Waals surface area contributed by atoms with Crippen molar-refractivity contribution in [3.8, 4) is 12.1 Å². The zero-order chi connectivity index (χ0) is 11.9. The SMILES string of the molecule is N#CC[C@@H]1CCCC23CCC[C@@H](ON12)[C@H]3C#N. The number of hydroxylamine groups is 2. The van der Waals surface area contributed by atoms with E-state index in [0.717, 1.165) is 38.5 Å². The fourth-order valence-corrected chi connectivity index (χ4v) is 3.98. The molecule has 4 heteroatoms. The standard InChI is InChI=1S/C13H17N3O/c14-8-5-10-3-1-6-13-7-2-4-12(11(13)9-15)17-16(10)13/h10-12H,1-7H2/t10-,11+,12+,13?/m0/s1. The van der Waals surface area contributed by atoms with Gasteiger partial charge in [-0.25, -0.2) is 0 Å². The number of hydrogen-bond donors (Lipinski definition) is 0. The third-order valence-corrected chi connectivity index (χ3v) is 4.68. The van der Waals surface area contributed by atoms with Crippen LogP contribution in [0.4, 0.5) is 0 Å². The Kier molecular flexibility index (Phi) is 2.58. The van der Waals surface area contributed by atoms with Crippen LogP contribution >= 0.6 is 0 Å². The quantitative estimate of drug-likeness (QED) is 0.693. The van der Waals surface area contributed by atoms with Crippen LogP contribution < -0.4 is 0 Å². The van der Waals surface area contributed by atoms with Crippen LogP contribution in [0.5, 0.6) is 0 Å². The second-order valence-electron chi connectivity index (χ2n) is 5.48. The van der Waals surface area contributed by atoms with Gasteiger partial charge in [-0.3, -0.25) is 4.84 Å². The van der Waals surface area contributed by atoms with Gasteiger partial charge in [-0.15, -0.1) is 0 Å². The van der Waals surface area contributed by atoms with E-state index in [1.165, 1.54) is 0 Å². The highest BCUT2D eigenvalue weighted by molar-refractivity contribution is 5.15.